The number of thiazole rings is 1. The highest BCUT2D eigenvalue weighted by atomic mass is 32.1. The molecular weight excluding hydrogens is 372 g/mol. The van der Waals surface area contributed by atoms with Gasteiger partial charge < -0.3 is 4.42 Å². The average molecular weight is 395 g/mol. The van der Waals surface area contributed by atoms with Crippen LogP contribution >= 0.6 is 11.3 Å². The van der Waals surface area contributed by atoms with Gasteiger partial charge in [0.05, 0.1) is 28.4 Å². The van der Waals surface area contributed by atoms with Crippen molar-refractivity contribution in [3.05, 3.63) is 64.1 Å². The first-order valence-corrected chi connectivity index (χ1v) is 10.4. The van der Waals surface area contributed by atoms with Gasteiger partial charge >= 0.3 is 5.76 Å². The van der Waals surface area contributed by atoms with Crippen molar-refractivity contribution >= 4 is 32.7 Å². The van der Waals surface area contributed by atoms with E-state index in [0.717, 1.165) is 37.2 Å². The maximum Gasteiger partial charge on any atom is 0.421 e. The van der Waals surface area contributed by atoms with Crippen molar-refractivity contribution in [1.82, 2.24) is 19.4 Å². The monoisotopic (exact) mass is 394 g/mol. The largest absolute Gasteiger partial charge is 0.421 e. The normalized spacial score (nSPS) is 17.5. The zero-order valence-corrected chi connectivity index (χ0v) is 16.6. The van der Waals surface area contributed by atoms with E-state index in [1.165, 1.54) is 9.71 Å². The van der Waals surface area contributed by atoms with E-state index in [1.54, 1.807) is 15.9 Å². The third-order valence-electron chi connectivity index (χ3n) is 5.54. The molecule has 7 heteroatoms. The predicted octanol–water partition coefficient (Wildman–Crippen LogP) is 3.54. The lowest BCUT2D eigenvalue weighted by Crippen LogP contribution is -2.48. The number of para-hydroxylation sites is 3. The van der Waals surface area contributed by atoms with Crippen molar-refractivity contribution < 1.29 is 4.42 Å². The maximum atomic E-state index is 12.2. The maximum absolute atomic E-state index is 12.2. The van der Waals surface area contributed by atoms with Crippen LogP contribution in [0.15, 0.2) is 57.7 Å². The second-order valence-corrected chi connectivity index (χ2v) is 8.32. The molecule has 1 unspecified atom stereocenters. The molecular formula is C21H22N4O2S. The van der Waals surface area contributed by atoms with E-state index in [-0.39, 0.29) is 5.76 Å². The van der Waals surface area contributed by atoms with Gasteiger partial charge in [0.1, 0.15) is 5.01 Å². The van der Waals surface area contributed by atoms with Gasteiger partial charge in [0.25, 0.3) is 0 Å². The van der Waals surface area contributed by atoms with Gasteiger partial charge in [-0.05, 0) is 31.2 Å². The Morgan fingerprint density at radius 3 is 2.64 bits per heavy atom. The van der Waals surface area contributed by atoms with Gasteiger partial charge in [-0.2, -0.15) is 0 Å². The Morgan fingerprint density at radius 2 is 1.82 bits per heavy atom. The number of oxazole rings is 1. The predicted molar refractivity (Wildman–Crippen MR) is 112 cm³/mol. The van der Waals surface area contributed by atoms with Crippen LogP contribution in [0, 0.1) is 0 Å². The molecule has 28 heavy (non-hydrogen) atoms. The highest BCUT2D eigenvalue weighted by molar-refractivity contribution is 7.18. The van der Waals surface area contributed by atoms with E-state index in [1.807, 2.05) is 30.3 Å². The van der Waals surface area contributed by atoms with Gasteiger partial charge in [0, 0.05) is 26.2 Å². The first-order chi connectivity index (χ1) is 13.7. The zero-order chi connectivity index (χ0) is 19.1. The summed E-state index contributed by atoms with van der Waals surface area (Å²) in [5, 5.41) is 1.17. The average Bonchev–Trinajstić information content (AvgIpc) is 3.29. The second kappa shape index (κ2) is 7.16. The smallest absolute Gasteiger partial charge is 0.408 e. The van der Waals surface area contributed by atoms with Crippen molar-refractivity contribution in [2.45, 2.75) is 19.6 Å². The van der Waals surface area contributed by atoms with Crippen LogP contribution in [0.1, 0.15) is 18.0 Å². The number of piperazine rings is 1. The fourth-order valence-corrected chi connectivity index (χ4v) is 4.92. The molecule has 1 aliphatic rings. The molecule has 0 N–H and O–H groups in total. The molecule has 144 valence electrons. The topological polar surface area (TPSA) is 54.5 Å². The number of rotatable bonds is 4. The molecule has 5 rings (SSSR count). The Balaban J connectivity index is 1.27. The first-order valence-electron chi connectivity index (χ1n) is 9.59. The lowest BCUT2D eigenvalue weighted by atomic mass is 10.2. The Kier molecular flexibility index (Phi) is 4.50. The summed E-state index contributed by atoms with van der Waals surface area (Å²) < 4.78 is 8.32. The lowest BCUT2D eigenvalue weighted by Gasteiger charge is -2.37. The molecule has 4 aromatic rings. The summed E-state index contributed by atoms with van der Waals surface area (Å²) in [5.41, 5.74) is 2.59. The minimum atomic E-state index is -0.286. The molecule has 1 saturated heterocycles. The minimum Gasteiger partial charge on any atom is -0.408 e. The summed E-state index contributed by atoms with van der Waals surface area (Å²) in [4.78, 5) is 21.8. The van der Waals surface area contributed by atoms with E-state index in [4.69, 9.17) is 9.40 Å². The van der Waals surface area contributed by atoms with Gasteiger partial charge in [0.2, 0.25) is 0 Å². The van der Waals surface area contributed by atoms with Gasteiger partial charge in [-0.25, -0.2) is 9.78 Å². The van der Waals surface area contributed by atoms with Crippen LogP contribution in [-0.4, -0.2) is 45.5 Å². The van der Waals surface area contributed by atoms with Gasteiger partial charge in [-0.15, -0.1) is 11.3 Å². The van der Waals surface area contributed by atoms with E-state index < -0.39 is 0 Å². The van der Waals surface area contributed by atoms with E-state index in [2.05, 4.69) is 34.9 Å². The zero-order valence-electron chi connectivity index (χ0n) is 15.7. The lowest BCUT2D eigenvalue weighted by molar-refractivity contribution is 0.0818. The van der Waals surface area contributed by atoms with Crippen molar-refractivity contribution in [2.24, 2.45) is 0 Å². The van der Waals surface area contributed by atoms with Crippen LogP contribution < -0.4 is 5.76 Å². The van der Waals surface area contributed by atoms with E-state index in [9.17, 15) is 4.79 Å². The summed E-state index contributed by atoms with van der Waals surface area (Å²) >= 11 is 1.78. The standard InChI is InChI=1S/C21H22N4O2S/c1-15(20-22-16-6-2-5-9-19(16)28-20)24-12-10-23(11-13-24)14-25-17-7-3-4-8-18(17)27-21(25)26/h2-9,15H,10-14H2,1H3. The molecule has 0 aliphatic carbocycles. The molecule has 0 saturated carbocycles. The van der Waals surface area contributed by atoms with Crippen LogP contribution in [0.4, 0.5) is 0 Å². The summed E-state index contributed by atoms with van der Waals surface area (Å²) in [6.07, 6.45) is 0. The summed E-state index contributed by atoms with van der Waals surface area (Å²) in [6, 6.07) is 16.2. The number of fused-ring (bicyclic) bond motifs is 2. The Hall–Kier alpha value is -2.48. The minimum absolute atomic E-state index is 0.286. The van der Waals surface area contributed by atoms with E-state index >= 15 is 0 Å². The number of aromatic nitrogens is 2. The molecule has 1 atom stereocenters. The van der Waals surface area contributed by atoms with Crippen molar-refractivity contribution in [1.29, 1.82) is 0 Å². The van der Waals surface area contributed by atoms with Crippen LogP contribution in [0.5, 0.6) is 0 Å². The van der Waals surface area contributed by atoms with Crippen molar-refractivity contribution in [3.8, 4) is 0 Å². The molecule has 3 heterocycles. The Labute approximate surface area is 166 Å². The number of hydrogen-bond acceptors (Lipinski definition) is 6. The molecule has 0 bridgehead atoms. The number of hydrogen-bond donors (Lipinski definition) is 0. The molecule has 1 aliphatic heterocycles. The SMILES string of the molecule is CC(c1nc2ccccc2s1)N1CCN(Cn2c(=O)oc3ccccc32)CC1. The molecule has 0 spiro atoms. The third kappa shape index (κ3) is 3.15. The fourth-order valence-electron chi connectivity index (χ4n) is 3.86. The molecule has 2 aromatic carbocycles. The highest BCUT2D eigenvalue weighted by Crippen LogP contribution is 2.30. The molecule has 1 fully saturated rings. The first kappa shape index (κ1) is 17.6. The van der Waals surface area contributed by atoms with Crippen LogP contribution in [0.2, 0.25) is 0 Å². The van der Waals surface area contributed by atoms with E-state index in [0.29, 0.717) is 18.3 Å². The third-order valence-corrected chi connectivity index (χ3v) is 6.74. The van der Waals surface area contributed by atoms with Gasteiger partial charge in [-0.3, -0.25) is 14.4 Å². The summed E-state index contributed by atoms with van der Waals surface area (Å²) in [5.74, 6) is -0.286. The van der Waals surface area contributed by atoms with Gasteiger partial charge in [0.15, 0.2) is 5.58 Å². The number of benzene rings is 2. The van der Waals surface area contributed by atoms with Crippen LogP contribution in [0.3, 0.4) is 0 Å². The number of nitrogens with zero attached hydrogens (tertiary/aromatic N) is 4. The Bertz CT molecular complexity index is 1140. The molecule has 0 amide bonds. The molecule has 0 radical (unpaired) electrons. The van der Waals surface area contributed by atoms with Crippen molar-refractivity contribution in [3.63, 3.8) is 0 Å². The Morgan fingerprint density at radius 1 is 1.07 bits per heavy atom. The van der Waals surface area contributed by atoms with Gasteiger partial charge in [-0.1, -0.05) is 24.3 Å². The second-order valence-electron chi connectivity index (χ2n) is 7.25. The molecule has 6 nitrogen and oxygen atoms in total. The fraction of sp³-hybridized carbons (Fsp3) is 0.333. The van der Waals surface area contributed by atoms with Crippen LogP contribution in [0.25, 0.3) is 21.3 Å². The van der Waals surface area contributed by atoms with Crippen molar-refractivity contribution in [2.75, 3.05) is 26.2 Å². The molecule has 2 aromatic heterocycles. The summed E-state index contributed by atoms with van der Waals surface area (Å²) in [7, 11) is 0. The quantitative estimate of drug-likeness (QED) is 0.530. The summed E-state index contributed by atoms with van der Waals surface area (Å²) in [6.45, 7) is 6.56. The highest BCUT2D eigenvalue weighted by Gasteiger charge is 2.25. The van der Waals surface area contributed by atoms with Crippen LogP contribution in [-0.2, 0) is 6.67 Å².